The van der Waals surface area contributed by atoms with Gasteiger partial charge in [-0.25, -0.2) is 4.79 Å². The van der Waals surface area contributed by atoms with Gasteiger partial charge in [0.05, 0.1) is 12.0 Å². The topological polar surface area (TPSA) is 104 Å². The minimum absolute atomic E-state index is 0.00537. The first-order chi connectivity index (χ1) is 14.9. The average molecular weight is 441 g/mol. The molecule has 32 heavy (non-hydrogen) atoms. The maximum absolute atomic E-state index is 14.2. The molecule has 2 unspecified atom stereocenters. The fourth-order valence-electron chi connectivity index (χ4n) is 6.73. The molecule has 0 aromatic heterocycles. The molecule has 0 aromatic carbocycles. The minimum Gasteiger partial charge on any atom is -0.451 e. The zero-order chi connectivity index (χ0) is 23.8. The van der Waals surface area contributed by atoms with E-state index in [4.69, 9.17) is 11.2 Å². The highest BCUT2D eigenvalue weighted by atomic mass is 16.6. The number of esters is 1. The predicted octanol–water partition coefficient (Wildman–Crippen LogP) is 1.95. The fourth-order valence-corrected chi connectivity index (χ4v) is 6.73. The number of allylic oxidation sites excluding steroid dienone is 2. The van der Waals surface area contributed by atoms with E-state index < -0.39 is 47.6 Å². The van der Waals surface area contributed by atoms with Gasteiger partial charge in [-0.05, 0) is 55.6 Å². The molecular formula is C26H32O6. The van der Waals surface area contributed by atoms with Crippen LogP contribution in [0.15, 0.2) is 34.9 Å². The largest absolute Gasteiger partial charge is 0.451 e. The Morgan fingerprint density at radius 2 is 2.06 bits per heavy atom. The zero-order valence-electron chi connectivity index (χ0n) is 19.3. The normalized spacial score (nSPS) is 44.2. The molecule has 0 amide bonds. The summed E-state index contributed by atoms with van der Waals surface area (Å²) < 4.78 is 5.75. The highest BCUT2D eigenvalue weighted by molar-refractivity contribution is 5.96. The van der Waals surface area contributed by atoms with Crippen molar-refractivity contribution in [1.82, 2.24) is 0 Å². The van der Waals surface area contributed by atoms with Crippen LogP contribution < -0.4 is 0 Å². The van der Waals surface area contributed by atoms with Crippen molar-refractivity contribution in [3.63, 3.8) is 0 Å². The lowest BCUT2D eigenvalue weighted by molar-refractivity contribution is -0.200. The number of aliphatic hydroxyl groups excluding tert-OH is 2. The van der Waals surface area contributed by atoms with E-state index in [1.807, 2.05) is 0 Å². The minimum atomic E-state index is -2.22. The summed E-state index contributed by atoms with van der Waals surface area (Å²) in [6.45, 7) is 8.56. The molecule has 4 aliphatic rings. The van der Waals surface area contributed by atoms with Gasteiger partial charge in [0.1, 0.15) is 6.10 Å². The van der Waals surface area contributed by atoms with Gasteiger partial charge >= 0.3 is 5.97 Å². The van der Waals surface area contributed by atoms with Crippen molar-refractivity contribution < 1.29 is 29.6 Å². The van der Waals surface area contributed by atoms with Crippen LogP contribution in [0.5, 0.6) is 0 Å². The first-order valence-corrected chi connectivity index (χ1v) is 11.2. The van der Waals surface area contributed by atoms with Crippen molar-refractivity contribution >= 4 is 11.8 Å². The lowest BCUT2D eigenvalue weighted by Gasteiger charge is -2.48. The number of hydrogen-bond donors (Lipinski definition) is 3. The summed E-state index contributed by atoms with van der Waals surface area (Å²) in [5, 5.41) is 33.8. The number of ether oxygens (including phenoxy) is 1. The number of aliphatic hydroxyl groups is 3. The molecule has 6 nitrogen and oxygen atoms in total. The van der Waals surface area contributed by atoms with Crippen molar-refractivity contribution in [3.05, 3.63) is 34.9 Å². The molecule has 0 aromatic rings. The number of carbonyl (C=O) groups excluding carboxylic acids is 2. The molecular weight excluding hydrogens is 408 g/mol. The van der Waals surface area contributed by atoms with Gasteiger partial charge in [0, 0.05) is 17.4 Å². The van der Waals surface area contributed by atoms with E-state index in [0.717, 1.165) is 0 Å². The Balaban J connectivity index is 2.00. The van der Waals surface area contributed by atoms with Gasteiger partial charge in [-0.1, -0.05) is 32.1 Å². The van der Waals surface area contributed by atoms with Crippen molar-refractivity contribution in [3.8, 4) is 12.3 Å². The first kappa shape index (κ1) is 23.0. The highest BCUT2D eigenvalue weighted by Crippen LogP contribution is 2.71. The van der Waals surface area contributed by atoms with Gasteiger partial charge in [-0.15, -0.1) is 12.3 Å². The monoisotopic (exact) mass is 440 g/mol. The number of fused-ring (bicyclic) bond motifs is 3. The van der Waals surface area contributed by atoms with Crippen LogP contribution in [-0.4, -0.2) is 51.5 Å². The molecule has 3 N–H and O–H groups in total. The summed E-state index contributed by atoms with van der Waals surface area (Å²) in [4.78, 5) is 27.0. The van der Waals surface area contributed by atoms with Gasteiger partial charge < -0.3 is 20.1 Å². The number of ketones is 1. The molecule has 0 radical (unpaired) electrons. The Labute approximate surface area is 189 Å². The highest BCUT2D eigenvalue weighted by Gasteiger charge is 2.77. The second-order valence-corrected chi connectivity index (χ2v) is 10.4. The number of terminal acetylenes is 1. The molecule has 2 saturated carbocycles. The summed E-state index contributed by atoms with van der Waals surface area (Å²) in [7, 11) is 0. The second-order valence-electron chi connectivity index (χ2n) is 10.4. The molecule has 2 bridgehead atoms. The zero-order valence-corrected chi connectivity index (χ0v) is 19.3. The Kier molecular flexibility index (Phi) is 5.13. The maximum atomic E-state index is 14.2. The summed E-state index contributed by atoms with van der Waals surface area (Å²) in [5.41, 5.74) is -3.05. The van der Waals surface area contributed by atoms with Crippen LogP contribution in [0.4, 0.5) is 0 Å². The van der Waals surface area contributed by atoms with Crippen LogP contribution in [-0.2, 0) is 14.3 Å². The lowest BCUT2D eigenvalue weighted by Crippen LogP contribution is -2.66. The Hall–Kier alpha value is -2.20. The van der Waals surface area contributed by atoms with E-state index in [-0.39, 0.29) is 28.6 Å². The molecule has 4 aliphatic carbocycles. The molecule has 0 aliphatic heterocycles. The Bertz CT molecular complexity index is 1010. The van der Waals surface area contributed by atoms with Gasteiger partial charge in [0.15, 0.2) is 17.5 Å². The van der Waals surface area contributed by atoms with E-state index in [1.165, 1.54) is 0 Å². The maximum Gasteiger partial charge on any atom is 0.334 e. The molecule has 8 atom stereocenters. The van der Waals surface area contributed by atoms with Crippen molar-refractivity contribution in [1.29, 1.82) is 0 Å². The van der Waals surface area contributed by atoms with Crippen molar-refractivity contribution in [2.75, 3.05) is 6.61 Å². The van der Waals surface area contributed by atoms with Crippen LogP contribution in [0, 0.1) is 46.8 Å². The van der Waals surface area contributed by atoms with Crippen LogP contribution in [0.3, 0.4) is 0 Å². The summed E-state index contributed by atoms with van der Waals surface area (Å²) >= 11 is 0. The number of carbonyl (C=O) groups is 2. The van der Waals surface area contributed by atoms with Crippen molar-refractivity contribution in [2.24, 2.45) is 34.5 Å². The van der Waals surface area contributed by atoms with Gasteiger partial charge in [-0.2, -0.15) is 0 Å². The van der Waals surface area contributed by atoms with Gasteiger partial charge in [0.2, 0.25) is 0 Å². The Morgan fingerprint density at radius 3 is 2.62 bits per heavy atom. The third-order valence-electron chi connectivity index (χ3n) is 8.74. The van der Waals surface area contributed by atoms with Gasteiger partial charge in [-0.3, -0.25) is 4.79 Å². The SMILES string of the molecule is C#CC1C[C@@H]2[C@H](C3C=C(CO)[C@@H](OC(=O)/C(C)=C\C)[C@]4(O)[C@@H](O)C(C)=C[C@@]14C3=O)C2(C)C. The fraction of sp³-hybridized carbons (Fsp3) is 0.615. The van der Waals surface area contributed by atoms with Gasteiger partial charge in [0.25, 0.3) is 0 Å². The molecule has 2 fully saturated rings. The average Bonchev–Trinajstić information content (AvgIpc) is 3.28. The molecule has 1 spiro atoms. The van der Waals surface area contributed by atoms with E-state index in [0.29, 0.717) is 17.6 Å². The van der Waals surface area contributed by atoms with E-state index in [9.17, 15) is 24.9 Å². The standard InChI is InChI=1S/C26H32O6/c1-7-13(3)23(30)32-22-15(12-27)9-17-19-18(24(19,5)6)10-16(8-2)25(21(17)29)11-14(4)20(28)26(22,25)31/h2,7,9,11,16-20,22,27-28,31H,10,12H2,1,3-6H3/b13-7-/t16?,17?,18-,19+,20+,22-,25+,26-/m1/s1. The summed E-state index contributed by atoms with van der Waals surface area (Å²) in [6, 6.07) is 0. The van der Waals surface area contributed by atoms with E-state index >= 15 is 0 Å². The molecule has 0 heterocycles. The lowest BCUT2D eigenvalue weighted by atomic mass is 9.58. The first-order valence-electron chi connectivity index (χ1n) is 11.2. The molecule has 172 valence electrons. The molecule has 6 heteroatoms. The van der Waals surface area contributed by atoms with Crippen LogP contribution >= 0.6 is 0 Å². The molecule has 4 rings (SSSR count). The third kappa shape index (κ3) is 2.59. The summed E-state index contributed by atoms with van der Waals surface area (Å²) in [6.07, 6.45) is 8.41. The number of hydrogen-bond acceptors (Lipinski definition) is 6. The molecule has 0 saturated heterocycles. The smallest absolute Gasteiger partial charge is 0.334 e. The summed E-state index contributed by atoms with van der Waals surface area (Å²) in [5.74, 6) is 0.648. The number of Topliss-reactive ketones (excluding diaryl/α,β-unsaturated/α-hetero) is 1. The van der Waals surface area contributed by atoms with Crippen LogP contribution in [0.1, 0.15) is 41.0 Å². The second kappa shape index (κ2) is 7.15. The number of rotatable bonds is 3. The Morgan fingerprint density at radius 1 is 1.41 bits per heavy atom. The van der Waals surface area contributed by atoms with Crippen LogP contribution in [0.25, 0.3) is 0 Å². The van der Waals surface area contributed by atoms with Crippen LogP contribution in [0.2, 0.25) is 0 Å². The van der Waals surface area contributed by atoms with E-state index in [1.54, 1.807) is 39.0 Å². The quantitative estimate of drug-likeness (QED) is 0.268. The third-order valence-corrected chi connectivity index (χ3v) is 8.74. The predicted molar refractivity (Wildman–Crippen MR) is 118 cm³/mol. The van der Waals surface area contributed by atoms with E-state index in [2.05, 4.69) is 19.8 Å². The van der Waals surface area contributed by atoms with Crippen molar-refractivity contribution in [2.45, 2.75) is 58.8 Å².